The summed E-state index contributed by atoms with van der Waals surface area (Å²) in [5, 5.41) is 6.70. The number of pyridine rings is 1. The van der Waals surface area contributed by atoms with Gasteiger partial charge in [0.05, 0.1) is 18.3 Å². The van der Waals surface area contributed by atoms with Gasteiger partial charge in [0.2, 0.25) is 5.91 Å². The lowest BCUT2D eigenvalue weighted by atomic mass is 9.94. The van der Waals surface area contributed by atoms with Crippen LogP contribution in [0.2, 0.25) is 0 Å². The minimum absolute atomic E-state index is 0.0353. The van der Waals surface area contributed by atoms with Gasteiger partial charge in [0.25, 0.3) is 0 Å². The third-order valence-electron chi connectivity index (χ3n) is 4.29. The molecule has 0 bridgehead atoms. The summed E-state index contributed by atoms with van der Waals surface area (Å²) < 4.78 is 23.7. The molecule has 1 N–H and O–H groups in total. The van der Waals surface area contributed by atoms with E-state index in [4.69, 9.17) is 0 Å². The molecule has 128 valence electrons. The summed E-state index contributed by atoms with van der Waals surface area (Å²) in [6.45, 7) is 1.20. The Balaban J connectivity index is 1.73. The molecule has 0 saturated carbocycles. The van der Waals surface area contributed by atoms with Crippen molar-refractivity contribution in [3.05, 3.63) is 42.0 Å². The van der Waals surface area contributed by atoms with Crippen LogP contribution >= 0.6 is 0 Å². The highest BCUT2D eigenvalue weighted by Gasteiger charge is 2.29. The van der Waals surface area contributed by atoms with Crippen molar-refractivity contribution in [2.75, 3.05) is 19.3 Å². The predicted molar refractivity (Wildman–Crippen MR) is 88.2 cm³/mol. The van der Waals surface area contributed by atoms with Crippen LogP contribution in [0.15, 0.2) is 35.6 Å². The number of sulfone groups is 1. The minimum atomic E-state index is -3.33. The molecule has 3 rings (SSSR count). The Labute approximate surface area is 141 Å². The number of piperidine rings is 1. The molecule has 2 aromatic rings. The van der Waals surface area contributed by atoms with E-state index in [0.29, 0.717) is 25.2 Å². The maximum atomic E-state index is 12.5. The number of nitrogens with zero attached hydrogens (tertiary/aromatic N) is 3. The third kappa shape index (κ3) is 3.64. The highest BCUT2D eigenvalue weighted by Crippen LogP contribution is 2.30. The Morgan fingerprint density at radius 1 is 1.42 bits per heavy atom. The van der Waals surface area contributed by atoms with Gasteiger partial charge >= 0.3 is 0 Å². The standard InChI is InChI=1S/C16H20N4O3S/c1-24(22,23)14-10-18-19-16(14)13-5-3-7-20(11-13)15(21)8-12-4-2-6-17-9-12/h2,4,6,9-10,13H,3,5,7-8,11H2,1H3,(H,18,19)/t13-/m1/s1. The molecule has 1 atom stereocenters. The number of nitrogens with one attached hydrogen (secondary N) is 1. The lowest BCUT2D eigenvalue weighted by molar-refractivity contribution is -0.131. The van der Waals surface area contributed by atoms with Gasteiger partial charge in [-0.3, -0.25) is 14.9 Å². The zero-order valence-corrected chi connectivity index (χ0v) is 14.3. The quantitative estimate of drug-likeness (QED) is 0.894. The first kappa shape index (κ1) is 16.6. The van der Waals surface area contributed by atoms with E-state index in [2.05, 4.69) is 15.2 Å². The fourth-order valence-electron chi connectivity index (χ4n) is 3.10. The summed E-state index contributed by atoms with van der Waals surface area (Å²) in [5.41, 5.74) is 1.49. The van der Waals surface area contributed by atoms with Gasteiger partial charge in [0, 0.05) is 37.7 Å². The molecular weight excluding hydrogens is 328 g/mol. The minimum Gasteiger partial charge on any atom is -0.342 e. The average molecular weight is 348 g/mol. The van der Waals surface area contributed by atoms with Crippen LogP contribution in [0.4, 0.5) is 0 Å². The molecule has 1 fully saturated rings. The number of aromatic nitrogens is 3. The summed E-state index contributed by atoms with van der Waals surface area (Å²) >= 11 is 0. The van der Waals surface area contributed by atoms with E-state index in [1.165, 1.54) is 12.5 Å². The number of likely N-dealkylation sites (tertiary alicyclic amines) is 1. The molecule has 1 aliphatic heterocycles. The fraction of sp³-hybridized carbons (Fsp3) is 0.438. The smallest absolute Gasteiger partial charge is 0.227 e. The molecule has 0 radical (unpaired) electrons. The number of rotatable bonds is 4. The molecule has 7 nitrogen and oxygen atoms in total. The normalized spacial score (nSPS) is 18.5. The van der Waals surface area contributed by atoms with Crippen LogP contribution in [-0.4, -0.2) is 53.8 Å². The SMILES string of the molecule is CS(=O)(=O)c1cn[nH]c1[C@@H]1CCCN(C(=O)Cc2cccnc2)C1. The van der Waals surface area contributed by atoms with Gasteiger partial charge < -0.3 is 4.90 Å². The van der Waals surface area contributed by atoms with E-state index >= 15 is 0 Å². The van der Waals surface area contributed by atoms with Crippen LogP contribution in [0, 0.1) is 0 Å². The monoisotopic (exact) mass is 348 g/mol. The van der Waals surface area contributed by atoms with Crippen LogP contribution in [0.25, 0.3) is 0 Å². The highest BCUT2D eigenvalue weighted by atomic mass is 32.2. The van der Waals surface area contributed by atoms with Crippen LogP contribution in [-0.2, 0) is 21.1 Å². The van der Waals surface area contributed by atoms with Crippen molar-refractivity contribution in [1.82, 2.24) is 20.1 Å². The van der Waals surface area contributed by atoms with Crippen molar-refractivity contribution in [2.45, 2.75) is 30.1 Å². The highest BCUT2D eigenvalue weighted by molar-refractivity contribution is 7.90. The molecule has 1 saturated heterocycles. The molecule has 2 aromatic heterocycles. The number of amides is 1. The Kier molecular flexibility index (Phi) is 4.66. The molecular formula is C16H20N4O3S. The van der Waals surface area contributed by atoms with Crippen LogP contribution in [0.5, 0.6) is 0 Å². The Morgan fingerprint density at radius 3 is 2.96 bits per heavy atom. The Bertz CT molecular complexity index is 817. The predicted octanol–water partition coefficient (Wildman–Crippen LogP) is 1.16. The van der Waals surface area contributed by atoms with E-state index < -0.39 is 9.84 Å². The first-order valence-corrected chi connectivity index (χ1v) is 9.74. The average Bonchev–Trinajstić information content (AvgIpc) is 3.06. The third-order valence-corrected chi connectivity index (χ3v) is 5.42. The van der Waals surface area contributed by atoms with E-state index in [0.717, 1.165) is 18.4 Å². The van der Waals surface area contributed by atoms with Crippen molar-refractivity contribution in [3.8, 4) is 0 Å². The number of aromatic amines is 1. The van der Waals surface area contributed by atoms with E-state index in [1.54, 1.807) is 17.3 Å². The molecule has 3 heterocycles. The van der Waals surface area contributed by atoms with Gasteiger partial charge in [-0.25, -0.2) is 8.42 Å². The summed E-state index contributed by atoms with van der Waals surface area (Å²) in [6, 6.07) is 3.69. The molecule has 0 unspecified atom stereocenters. The molecule has 0 aliphatic carbocycles. The van der Waals surface area contributed by atoms with E-state index in [1.807, 2.05) is 12.1 Å². The van der Waals surface area contributed by atoms with Crippen LogP contribution in [0.3, 0.4) is 0 Å². The van der Waals surface area contributed by atoms with Gasteiger partial charge in [-0.15, -0.1) is 0 Å². The molecule has 1 aliphatic rings. The largest absolute Gasteiger partial charge is 0.342 e. The zero-order valence-electron chi connectivity index (χ0n) is 13.5. The zero-order chi connectivity index (χ0) is 17.2. The van der Waals surface area contributed by atoms with Crippen molar-refractivity contribution >= 4 is 15.7 Å². The topological polar surface area (TPSA) is 96.0 Å². The summed E-state index contributed by atoms with van der Waals surface area (Å²) in [5.74, 6) is -0.00283. The Morgan fingerprint density at radius 2 is 2.25 bits per heavy atom. The first-order chi connectivity index (χ1) is 11.4. The molecule has 8 heteroatoms. The lowest BCUT2D eigenvalue weighted by Crippen LogP contribution is -2.40. The fourth-order valence-corrected chi connectivity index (χ4v) is 3.96. The molecule has 0 spiro atoms. The van der Waals surface area contributed by atoms with E-state index in [-0.39, 0.29) is 16.7 Å². The van der Waals surface area contributed by atoms with Gasteiger partial charge in [0.1, 0.15) is 4.90 Å². The molecule has 0 aromatic carbocycles. The van der Waals surface area contributed by atoms with Gasteiger partial charge in [0.15, 0.2) is 9.84 Å². The first-order valence-electron chi connectivity index (χ1n) is 7.85. The van der Waals surface area contributed by atoms with Crippen LogP contribution < -0.4 is 0 Å². The lowest BCUT2D eigenvalue weighted by Gasteiger charge is -2.32. The second kappa shape index (κ2) is 6.72. The molecule has 1 amide bonds. The maximum Gasteiger partial charge on any atom is 0.227 e. The second-order valence-electron chi connectivity index (χ2n) is 6.14. The summed E-state index contributed by atoms with van der Waals surface area (Å²) in [6.07, 6.45) is 7.87. The maximum absolute atomic E-state index is 12.5. The molecule has 24 heavy (non-hydrogen) atoms. The number of hydrogen-bond donors (Lipinski definition) is 1. The van der Waals surface area contributed by atoms with Crippen molar-refractivity contribution < 1.29 is 13.2 Å². The number of H-pyrrole nitrogens is 1. The summed E-state index contributed by atoms with van der Waals surface area (Å²) in [4.78, 5) is 18.6. The van der Waals surface area contributed by atoms with Crippen LogP contribution in [0.1, 0.15) is 30.0 Å². The van der Waals surface area contributed by atoms with Crippen molar-refractivity contribution in [3.63, 3.8) is 0 Å². The van der Waals surface area contributed by atoms with Gasteiger partial charge in [-0.1, -0.05) is 6.07 Å². The van der Waals surface area contributed by atoms with Crippen molar-refractivity contribution in [2.24, 2.45) is 0 Å². The summed E-state index contributed by atoms with van der Waals surface area (Å²) in [7, 11) is -3.33. The number of carbonyl (C=O) groups is 1. The number of hydrogen-bond acceptors (Lipinski definition) is 5. The van der Waals surface area contributed by atoms with Crippen molar-refractivity contribution in [1.29, 1.82) is 0 Å². The van der Waals surface area contributed by atoms with Gasteiger partial charge in [-0.05, 0) is 24.5 Å². The Hall–Kier alpha value is -2.22. The second-order valence-corrected chi connectivity index (χ2v) is 8.12. The van der Waals surface area contributed by atoms with E-state index in [9.17, 15) is 13.2 Å². The van der Waals surface area contributed by atoms with Gasteiger partial charge in [-0.2, -0.15) is 5.10 Å². The number of carbonyl (C=O) groups excluding carboxylic acids is 1.